The summed E-state index contributed by atoms with van der Waals surface area (Å²) in [5, 5.41) is 2.31. The van der Waals surface area contributed by atoms with Crippen LogP contribution < -0.4 is 19.4 Å². The van der Waals surface area contributed by atoms with E-state index < -0.39 is 15.8 Å². The third kappa shape index (κ3) is 2.81. The van der Waals surface area contributed by atoms with Crippen LogP contribution in [0.15, 0.2) is 36.4 Å². The van der Waals surface area contributed by atoms with Gasteiger partial charge in [0.1, 0.15) is 19.6 Å². The molecule has 0 amide bonds. The minimum atomic E-state index is -3.45. The second-order valence-electron chi connectivity index (χ2n) is 7.12. The first kappa shape index (κ1) is 17.3. The highest BCUT2D eigenvalue weighted by Gasteiger charge is 2.41. The zero-order valence-electron chi connectivity index (χ0n) is 15.1. The zero-order valence-corrected chi connectivity index (χ0v) is 17.0. The van der Waals surface area contributed by atoms with Crippen molar-refractivity contribution in [2.75, 3.05) is 14.1 Å². The van der Waals surface area contributed by atoms with Gasteiger partial charge in [-0.05, 0) is 50.4 Å². The van der Waals surface area contributed by atoms with Gasteiger partial charge in [-0.1, -0.05) is 48.5 Å². The van der Waals surface area contributed by atoms with Gasteiger partial charge in [0, 0.05) is 0 Å². The highest BCUT2D eigenvalue weighted by Crippen LogP contribution is 2.51. The third-order valence-electron chi connectivity index (χ3n) is 4.53. The molecule has 0 aliphatic carbocycles. The average molecular weight is 361 g/mol. The lowest BCUT2D eigenvalue weighted by atomic mass is 10.2. The van der Waals surface area contributed by atoms with Crippen molar-refractivity contribution < 1.29 is 13.6 Å². The van der Waals surface area contributed by atoms with Gasteiger partial charge in [-0.25, -0.2) is 4.57 Å². The van der Waals surface area contributed by atoms with Crippen molar-refractivity contribution in [3.63, 3.8) is 0 Å². The van der Waals surface area contributed by atoms with E-state index in [-0.39, 0.29) is 0 Å². The summed E-state index contributed by atoms with van der Waals surface area (Å²) in [6.45, 7) is 8.70. The molecule has 0 aromatic heterocycles. The summed E-state index contributed by atoms with van der Waals surface area (Å²) in [4.78, 5) is 0. The lowest BCUT2D eigenvalue weighted by molar-refractivity contribution is 0.326. The molecule has 2 aromatic rings. The van der Waals surface area contributed by atoms with Crippen molar-refractivity contribution in [2.24, 2.45) is 0 Å². The molecule has 3 rings (SSSR count). The molecule has 0 spiro atoms. The highest BCUT2D eigenvalue weighted by atomic mass is 31.2. The van der Waals surface area contributed by atoms with E-state index in [9.17, 15) is 4.57 Å². The smallest absolute Gasteiger partial charge is 0.405 e. The molecule has 0 fully saturated rings. The number of aryl methyl sites for hydroxylation is 2. The van der Waals surface area contributed by atoms with Crippen LogP contribution in [0.25, 0.3) is 0 Å². The van der Waals surface area contributed by atoms with Gasteiger partial charge in [0.05, 0.1) is 0 Å². The number of fused-ring (bicyclic) bond motifs is 2. The van der Waals surface area contributed by atoms with Crippen molar-refractivity contribution in [3.05, 3.63) is 47.5 Å². The van der Waals surface area contributed by atoms with Crippen molar-refractivity contribution in [1.82, 2.24) is 4.67 Å². The van der Waals surface area contributed by atoms with Crippen LogP contribution in [0.1, 0.15) is 11.1 Å². The molecule has 1 heterocycles. The summed E-state index contributed by atoms with van der Waals surface area (Å²) >= 11 is 0. The number of hydrogen-bond donors (Lipinski definition) is 0. The highest BCUT2D eigenvalue weighted by molar-refractivity contribution is 7.52. The van der Waals surface area contributed by atoms with Crippen molar-refractivity contribution >= 4 is 26.2 Å². The van der Waals surface area contributed by atoms with Gasteiger partial charge in [0.25, 0.3) is 0 Å². The summed E-state index contributed by atoms with van der Waals surface area (Å²) in [7, 11) is -2.09. The minimum Gasteiger partial charge on any atom is -0.405 e. The topological polar surface area (TPSA) is 38.8 Å². The standard InChI is InChI=1S/C18H24NO3PSi/c1-13-7-9-15-17(11-13)24(5,6)18-12-14(2)8-10-16(18)22-23(20,21-15)19(3)4/h7-12H,1-6H3. The van der Waals surface area contributed by atoms with Crippen LogP contribution in [0.2, 0.25) is 13.1 Å². The second-order valence-corrected chi connectivity index (χ2v) is 13.6. The van der Waals surface area contributed by atoms with Crippen molar-refractivity contribution in [3.8, 4) is 11.5 Å². The van der Waals surface area contributed by atoms with Crippen LogP contribution in [0.5, 0.6) is 11.5 Å². The molecule has 1 aliphatic rings. The van der Waals surface area contributed by atoms with Gasteiger partial charge in [-0.2, -0.15) is 4.67 Å². The summed E-state index contributed by atoms with van der Waals surface area (Å²) in [6.07, 6.45) is 0. The fourth-order valence-electron chi connectivity index (χ4n) is 3.00. The van der Waals surface area contributed by atoms with Crippen LogP contribution in [0, 0.1) is 13.8 Å². The minimum absolute atomic E-state index is 0.668. The Bertz CT molecular complexity index is 787. The molecule has 0 saturated heterocycles. The molecule has 4 nitrogen and oxygen atoms in total. The second kappa shape index (κ2) is 5.76. The third-order valence-corrected chi connectivity index (χ3v) is 9.84. The van der Waals surface area contributed by atoms with Crippen LogP contribution in [0.4, 0.5) is 0 Å². The van der Waals surface area contributed by atoms with E-state index in [0.717, 1.165) is 10.4 Å². The van der Waals surface area contributed by atoms with E-state index >= 15 is 0 Å². The maximum Gasteiger partial charge on any atom is 0.515 e. The van der Waals surface area contributed by atoms with Gasteiger partial charge in [-0.15, -0.1) is 0 Å². The van der Waals surface area contributed by atoms with Crippen molar-refractivity contribution in [1.29, 1.82) is 0 Å². The molecule has 0 saturated carbocycles. The Morgan fingerprint density at radius 3 is 1.67 bits per heavy atom. The Morgan fingerprint density at radius 2 is 1.29 bits per heavy atom. The summed E-state index contributed by atoms with van der Waals surface area (Å²) in [5.41, 5.74) is 2.35. The Morgan fingerprint density at radius 1 is 0.875 bits per heavy atom. The Hall–Kier alpha value is -1.55. The largest absolute Gasteiger partial charge is 0.515 e. The first-order valence-corrected chi connectivity index (χ1v) is 12.5. The van der Waals surface area contributed by atoms with Gasteiger partial charge >= 0.3 is 7.75 Å². The van der Waals surface area contributed by atoms with Crippen LogP contribution in [0.3, 0.4) is 0 Å². The zero-order chi connectivity index (χ0) is 17.7. The first-order valence-electron chi connectivity index (χ1n) is 8.03. The number of nitrogens with zero attached hydrogens (tertiary/aromatic N) is 1. The summed E-state index contributed by atoms with van der Waals surface area (Å²) in [5.74, 6) is 1.34. The molecule has 128 valence electrons. The molecule has 6 heteroatoms. The fourth-order valence-corrected chi connectivity index (χ4v) is 7.32. The van der Waals surface area contributed by atoms with Gasteiger partial charge in [0.15, 0.2) is 0 Å². The van der Waals surface area contributed by atoms with E-state index in [1.807, 2.05) is 24.3 Å². The molecular formula is C18H24NO3PSi. The fraction of sp³-hybridized carbons (Fsp3) is 0.333. The summed E-state index contributed by atoms with van der Waals surface area (Å²) < 4.78 is 26.8. The first-order chi connectivity index (χ1) is 11.1. The maximum absolute atomic E-state index is 13.3. The molecule has 1 aliphatic heterocycles. The normalized spacial score (nSPS) is 17.8. The molecule has 24 heavy (non-hydrogen) atoms. The van der Waals surface area contributed by atoms with Gasteiger partial charge in [-0.3, -0.25) is 0 Å². The number of rotatable bonds is 1. The van der Waals surface area contributed by atoms with Crippen LogP contribution in [-0.2, 0) is 4.57 Å². The monoisotopic (exact) mass is 361 g/mol. The van der Waals surface area contributed by atoms with Crippen molar-refractivity contribution in [2.45, 2.75) is 26.9 Å². The molecule has 0 unspecified atom stereocenters. The van der Waals surface area contributed by atoms with Crippen LogP contribution in [-0.4, -0.2) is 26.8 Å². The molecular weight excluding hydrogens is 337 g/mol. The van der Waals surface area contributed by atoms with Gasteiger partial charge in [0.2, 0.25) is 0 Å². The Kier molecular flexibility index (Phi) is 4.15. The summed E-state index contributed by atoms with van der Waals surface area (Å²) in [6, 6.07) is 12.1. The average Bonchev–Trinajstić information content (AvgIpc) is 2.49. The molecule has 0 radical (unpaired) electrons. The lowest BCUT2D eigenvalue weighted by Crippen LogP contribution is -2.54. The van der Waals surface area contributed by atoms with E-state index in [2.05, 4.69) is 39.1 Å². The molecule has 0 atom stereocenters. The van der Waals surface area contributed by atoms with E-state index in [1.165, 1.54) is 15.8 Å². The molecule has 2 aromatic carbocycles. The van der Waals surface area contributed by atoms with E-state index in [4.69, 9.17) is 9.05 Å². The predicted molar refractivity (Wildman–Crippen MR) is 102 cm³/mol. The lowest BCUT2D eigenvalue weighted by Gasteiger charge is -2.35. The van der Waals surface area contributed by atoms with Crippen LogP contribution >= 0.6 is 7.75 Å². The number of hydrogen-bond acceptors (Lipinski definition) is 3. The Labute approximate surface area is 145 Å². The van der Waals surface area contributed by atoms with E-state index in [0.29, 0.717) is 11.5 Å². The Balaban J connectivity index is 2.34. The molecule has 0 bridgehead atoms. The predicted octanol–water partition coefficient (Wildman–Crippen LogP) is 3.57. The number of benzene rings is 2. The SMILES string of the molecule is Cc1ccc2c(c1)[Si](C)(C)c1cc(C)ccc1OP(=O)(N(C)C)O2. The molecule has 0 N–H and O–H groups in total. The quantitative estimate of drug-likeness (QED) is 0.575. The maximum atomic E-state index is 13.3. The van der Waals surface area contributed by atoms with E-state index in [1.54, 1.807) is 14.1 Å². The van der Waals surface area contributed by atoms with Gasteiger partial charge < -0.3 is 9.05 Å².